The van der Waals surface area contributed by atoms with Gasteiger partial charge in [-0.25, -0.2) is 0 Å². The number of ketones is 1. The third kappa shape index (κ3) is 2.24. The lowest BCUT2D eigenvalue weighted by molar-refractivity contribution is -0.134. The van der Waals surface area contributed by atoms with Gasteiger partial charge in [-0.05, 0) is 12.5 Å². The molecule has 2 rings (SSSR count). The van der Waals surface area contributed by atoms with Crippen molar-refractivity contribution in [1.82, 2.24) is 0 Å². The van der Waals surface area contributed by atoms with Gasteiger partial charge in [0.2, 0.25) is 0 Å². The largest absolute Gasteiger partial charge is 0.382 e. The van der Waals surface area contributed by atoms with Crippen LogP contribution in [0.15, 0.2) is 30.3 Å². The summed E-state index contributed by atoms with van der Waals surface area (Å²) in [4.78, 5) is 11.6. The average Bonchev–Trinajstić information content (AvgIpc) is 2.23. The molecule has 0 radical (unpaired) electrons. The Morgan fingerprint density at radius 1 is 1.40 bits per heavy atom. The Hall–Kier alpha value is -0.800. The van der Waals surface area contributed by atoms with Crippen LogP contribution in [-0.4, -0.2) is 22.2 Å². The number of carbonyl (C=O) groups excluding carboxylic acids is 1. The van der Waals surface area contributed by atoms with Gasteiger partial charge in [-0.1, -0.05) is 30.3 Å². The van der Waals surface area contributed by atoms with Gasteiger partial charge in [-0.15, -0.1) is 11.8 Å². The van der Waals surface area contributed by atoms with Crippen LogP contribution >= 0.6 is 11.8 Å². The molecular weight excluding hydrogens is 208 g/mol. The van der Waals surface area contributed by atoms with E-state index in [0.29, 0.717) is 12.2 Å². The molecule has 0 aromatic heterocycles. The van der Waals surface area contributed by atoms with Gasteiger partial charge in [-0.2, -0.15) is 0 Å². The topological polar surface area (TPSA) is 37.3 Å². The van der Waals surface area contributed by atoms with Crippen LogP contribution in [0, 0.1) is 0 Å². The number of carbonyl (C=O) groups is 1. The lowest BCUT2D eigenvalue weighted by atomic mass is 9.96. The molecule has 1 aliphatic heterocycles. The summed E-state index contributed by atoms with van der Waals surface area (Å²) in [6.07, 6.45) is 0.432. The lowest BCUT2D eigenvalue weighted by Gasteiger charge is -2.31. The molecule has 2 unspecified atom stereocenters. The fraction of sp³-hybridized carbons (Fsp3) is 0.417. The molecule has 0 aliphatic carbocycles. The molecule has 1 N–H and O–H groups in total. The number of Topliss-reactive ketones (excluding diaryl/α,β-unsaturated/α-hetero) is 1. The Balaban J connectivity index is 2.13. The number of thioether (sulfide) groups is 1. The van der Waals surface area contributed by atoms with Crippen molar-refractivity contribution in [2.24, 2.45) is 0 Å². The van der Waals surface area contributed by atoms with Crippen LogP contribution in [0.2, 0.25) is 0 Å². The molecule has 0 bridgehead atoms. The van der Waals surface area contributed by atoms with E-state index in [0.717, 1.165) is 0 Å². The molecular formula is C12H14O2S. The van der Waals surface area contributed by atoms with Crippen LogP contribution in [0.5, 0.6) is 0 Å². The van der Waals surface area contributed by atoms with Gasteiger partial charge >= 0.3 is 0 Å². The third-order valence-corrected chi connectivity index (χ3v) is 4.28. The minimum absolute atomic E-state index is 0.0462. The minimum atomic E-state index is -1.13. The van der Waals surface area contributed by atoms with Gasteiger partial charge < -0.3 is 5.11 Å². The summed E-state index contributed by atoms with van der Waals surface area (Å²) in [6.45, 7) is 1.60. The molecule has 0 saturated carbocycles. The van der Waals surface area contributed by atoms with Crippen LogP contribution in [0.1, 0.15) is 24.2 Å². The fourth-order valence-electron chi connectivity index (χ4n) is 1.67. The highest BCUT2D eigenvalue weighted by Gasteiger charge is 2.37. The monoisotopic (exact) mass is 222 g/mol. The van der Waals surface area contributed by atoms with E-state index in [1.165, 1.54) is 5.56 Å². The summed E-state index contributed by atoms with van der Waals surface area (Å²) < 4.78 is 0. The highest BCUT2D eigenvalue weighted by Crippen LogP contribution is 2.39. The first kappa shape index (κ1) is 10.7. The second-order valence-electron chi connectivity index (χ2n) is 4.11. The molecule has 3 heteroatoms. The smallest absolute Gasteiger partial charge is 0.166 e. The number of hydrogen-bond donors (Lipinski definition) is 1. The number of aliphatic hydroxyl groups is 1. The fourth-order valence-corrected chi connectivity index (χ4v) is 2.98. The van der Waals surface area contributed by atoms with Crippen molar-refractivity contribution in [1.29, 1.82) is 0 Å². The third-order valence-electron chi connectivity index (χ3n) is 2.71. The second-order valence-corrected chi connectivity index (χ2v) is 5.30. The molecule has 1 heterocycles. The SMILES string of the molecule is CC1(O)CSC(c2ccccc2)CC1=O. The maximum Gasteiger partial charge on any atom is 0.166 e. The van der Waals surface area contributed by atoms with Gasteiger partial charge in [-0.3, -0.25) is 4.79 Å². The van der Waals surface area contributed by atoms with Gasteiger partial charge in [0, 0.05) is 17.4 Å². The predicted octanol–water partition coefficient (Wildman–Crippen LogP) is 2.18. The lowest BCUT2D eigenvalue weighted by Crippen LogP contribution is -2.41. The van der Waals surface area contributed by atoms with Crippen molar-refractivity contribution in [2.45, 2.75) is 24.2 Å². The Kier molecular flexibility index (Phi) is 2.85. The van der Waals surface area contributed by atoms with Crippen LogP contribution < -0.4 is 0 Å². The molecule has 1 aromatic carbocycles. The zero-order valence-electron chi connectivity index (χ0n) is 8.64. The van der Waals surface area contributed by atoms with E-state index in [1.54, 1.807) is 18.7 Å². The molecule has 1 aliphatic rings. The Labute approximate surface area is 93.7 Å². The van der Waals surface area contributed by atoms with E-state index in [4.69, 9.17) is 0 Å². The average molecular weight is 222 g/mol. The molecule has 0 spiro atoms. The summed E-state index contributed by atoms with van der Waals surface area (Å²) in [7, 11) is 0. The van der Waals surface area contributed by atoms with Crippen LogP contribution in [0.3, 0.4) is 0 Å². The number of rotatable bonds is 1. The molecule has 80 valence electrons. The number of hydrogen-bond acceptors (Lipinski definition) is 3. The number of benzene rings is 1. The van der Waals surface area contributed by atoms with E-state index in [2.05, 4.69) is 0 Å². The van der Waals surface area contributed by atoms with Crippen LogP contribution in [-0.2, 0) is 4.79 Å². The quantitative estimate of drug-likeness (QED) is 0.791. The first-order valence-electron chi connectivity index (χ1n) is 5.02. The summed E-state index contributed by atoms with van der Waals surface area (Å²) in [5.41, 5.74) is 0.0435. The van der Waals surface area contributed by atoms with Crippen molar-refractivity contribution in [2.75, 3.05) is 5.75 Å². The molecule has 1 fully saturated rings. The Bertz CT molecular complexity index is 359. The summed E-state index contributed by atoms with van der Waals surface area (Å²) in [5, 5.41) is 9.94. The zero-order valence-corrected chi connectivity index (χ0v) is 9.46. The Morgan fingerprint density at radius 3 is 2.67 bits per heavy atom. The standard InChI is InChI=1S/C12H14O2S/c1-12(14)8-15-10(7-11(12)13)9-5-3-2-4-6-9/h2-6,10,14H,7-8H2,1H3. The van der Waals surface area contributed by atoms with Gasteiger partial charge in [0.05, 0.1) is 0 Å². The van der Waals surface area contributed by atoms with E-state index in [1.807, 2.05) is 30.3 Å². The predicted molar refractivity (Wildman–Crippen MR) is 61.9 cm³/mol. The highest BCUT2D eigenvalue weighted by atomic mass is 32.2. The first-order valence-corrected chi connectivity index (χ1v) is 6.07. The molecule has 15 heavy (non-hydrogen) atoms. The van der Waals surface area contributed by atoms with Crippen molar-refractivity contribution in [3.8, 4) is 0 Å². The van der Waals surface area contributed by atoms with Crippen molar-refractivity contribution >= 4 is 17.5 Å². The van der Waals surface area contributed by atoms with Crippen molar-refractivity contribution in [3.63, 3.8) is 0 Å². The van der Waals surface area contributed by atoms with Crippen LogP contribution in [0.4, 0.5) is 0 Å². The molecule has 0 amide bonds. The van der Waals surface area contributed by atoms with E-state index in [9.17, 15) is 9.90 Å². The molecule has 2 atom stereocenters. The zero-order chi connectivity index (χ0) is 10.9. The van der Waals surface area contributed by atoms with Crippen molar-refractivity contribution < 1.29 is 9.90 Å². The van der Waals surface area contributed by atoms with Gasteiger partial charge in [0.15, 0.2) is 5.78 Å². The van der Waals surface area contributed by atoms with E-state index in [-0.39, 0.29) is 11.0 Å². The van der Waals surface area contributed by atoms with Crippen LogP contribution in [0.25, 0.3) is 0 Å². The maximum absolute atomic E-state index is 11.6. The maximum atomic E-state index is 11.6. The van der Waals surface area contributed by atoms with E-state index < -0.39 is 5.60 Å². The minimum Gasteiger partial charge on any atom is -0.382 e. The second kappa shape index (κ2) is 3.99. The van der Waals surface area contributed by atoms with Crippen molar-refractivity contribution in [3.05, 3.63) is 35.9 Å². The normalized spacial score (nSPS) is 31.6. The summed E-state index contributed by atoms with van der Waals surface area (Å²) in [5.74, 6) is 0.445. The molecule has 1 saturated heterocycles. The highest BCUT2D eigenvalue weighted by molar-refractivity contribution is 7.99. The van der Waals surface area contributed by atoms with Gasteiger partial charge in [0.1, 0.15) is 5.60 Å². The molecule has 2 nitrogen and oxygen atoms in total. The van der Waals surface area contributed by atoms with E-state index >= 15 is 0 Å². The van der Waals surface area contributed by atoms with Gasteiger partial charge in [0.25, 0.3) is 0 Å². The first-order chi connectivity index (χ1) is 7.09. The summed E-state index contributed by atoms with van der Waals surface area (Å²) >= 11 is 1.66. The Morgan fingerprint density at radius 2 is 2.07 bits per heavy atom. The summed E-state index contributed by atoms with van der Waals surface area (Å²) in [6, 6.07) is 9.99. The molecule has 1 aromatic rings.